The maximum Gasteiger partial charge on any atom is 0.308 e. The predicted molar refractivity (Wildman–Crippen MR) is 203 cm³/mol. The fourth-order valence-electron chi connectivity index (χ4n) is 8.24. The highest BCUT2D eigenvalue weighted by Gasteiger charge is 2.35. The van der Waals surface area contributed by atoms with Crippen LogP contribution in [0.1, 0.15) is 118 Å². The second kappa shape index (κ2) is 16.2. The number of aliphatic carboxylic acids is 1. The smallest absolute Gasteiger partial charge is 0.308 e. The topological polar surface area (TPSA) is 112 Å². The summed E-state index contributed by atoms with van der Waals surface area (Å²) in [4.78, 5) is 51.4. The molecule has 3 aromatic rings. The molecule has 2 N–H and O–H groups in total. The number of carboxylic acid groups (broad SMARTS) is 1. The van der Waals surface area contributed by atoms with E-state index in [0.29, 0.717) is 23.7 Å². The van der Waals surface area contributed by atoms with Crippen LogP contribution >= 0.6 is 11.3 Å². The van der Waals surface area contributed by atoms with Gasteiger partial charge in [-0.3, -0.25) is 14.4 Å². The van der Waals surface area contributed by atoms with Gasteiger partial charge in [0.2, 0.25) is 5.91 Å². The van der Waals surface area contributed by atoms with Crippen LogP contribution in [0.3, 0.4) is 0 Å². The van der Waals surface area contributed by atoms with Crippen LogP contribution in [0.2, 0.25) is 0 Å². The summed E-state index contributed by atoms with van der Waals surface area (Å²) in [5.74, 6) is 1.25. The van der Waals surface area contributed by atoms with E-state index in [1.54, 1.807) is 11.0 Å². The number of rotatable bonds is 11. The first-order chi connectivity index (χ1) is 24.5. The molecule has 3 atom stereocenters. The van der Waals surface area contributed by atoms with Gasteiger partial charge in [0, 0.05) is 47.9 Å². The molecule has 3 heterocycles. The lowest BCUT2D eigenvalue weighted by Crippen LogP contribution is -2.49. The van der Waals surface area contributed by atoms with Crippen LogP contribution < -0.4 is 5.32 Å². The number of carbonyl (C=O) groups excluding carboxylic acids is 2. The Morgan fingerprint density at radius 1 is 0.941 bits per heavy atom. The minimum Gasteiger partial charge on any atom is -0.481 e. The van der Waals surface area contributed by atoms with Gasteiger partial charge in [0.25, 0.3) is 5.91 Å². The summed E-state index contributed by atoms with van der Waals surface area (Å²) in [5.41, 5.74) is 4.13. The minimum absolute atomic E-state index is 0.0883. The summed E-state index contributed by atoms with van der Waals surface area (Å²) in [6.45, 7) is 9.12. The van der Waals surface area contributed by atoms with Gasteiger partial charge in [0.05, 0.1) is 10.8 Å². The number of nitrogens with zero attached hydrogens (tertiary/aromatic N) is 3. The number of amides is 2. The van der Waals surface area contributed by atoms with Crippen molar-refractivity contribution in [2.75, 3.05) is 13.1 Å². The fraction of sp³-hybridized carbons (Fsp3) is 0.548. The molecule has 2 aliphatic carbocycles. The Hall–Kier alpha value is -3.85. The van der Waals surface area contributed by atoms with Crippen molar-refractivity contribution in [3.63, 3.8) is 0 Å². The number of carbonyl (C=O) groups is 3. The second-order valence-electron chi connectivity index (χ2n) is 16.1. The molecular formula is C42H54N4O4S. The van der Waals surface area contributed by atoms with E-state index in [1.165, 1.54) is 61.9 Å². The Labute approximate surface area is 307 Å². The van der Waals surface area contributed by atoms with Gasteiger partial charge in [-0.15, -0.1) is 11.3 Å². The Morgan fingerprint density at radius 3 is 2.25 bits per heavy atom. The third-order valence-electron chi connectivity index (χ3n) is 11.4. The molecule has 2 aromatic heterocycles. The van der Waals surface area contributed by atoms with Crippen LogP contribution in [0.25, 0.3) is 17.0 Å². The third-order valence-corrected chi connectivity index (χ3v) is 12.9. The van der Waals surface area contributed by atoms with E-state index in [-0.39, 0.29) is 30.2 Å². The number of aromatic nitrogens is 2. The van der Waals surface area contributed by atoms with E-state index in [0.717, 1.165) is 52.2 Å². The molecule has 0 radical (unpaired) electrons. The molecule has 1 unspecified atom stereocenters. The molecule has 1 saturated heterocycles. The summed E-state index contributed by atoms with van der Waals surface area (Å²) >= 11 is 1.43. The van der Waals surface area contributed by atoms with Crippen molar-refractivity contribution < 1.29 is 19.5 Å². The van der Waals surface area contributed by atoms with Crippen LogP contribution in [0.5, 0.6) is 0 Å². The van der Waals surface area contributed by atoms with Crippen molar-refractivity contribution in [1.29, 1.82) is 0 Å². The van der Waals surface area contributed by atoms with Gasteiger partial charge in [0.15, 0.2) is 5.82 Å². The second-order valence-corrected chi connectivity index (χ2v) is 17.2. The van der Waals surface area contributed by atoms with Crippen LogP contribution in [0.4, 0.5) is 0 Å². The Bertz CT molecular complexity index is 1700. The zero-order valence-electron chi connectivity index (χ0n) is 30.7. The molecular weight excluding hydrogens is 657 g/mol. The molecule has 272 valence electrons. The Kier molecular flexibility index (Phi) is 11.7. The van der Waals surface area contributed by atoms with E-state index >= 15 is 0 Å². The Morgan fingerprint density at radius 2 is 1.67 bits per heavy atom. The molecule has 0 spiro atoms. The maximum atomic E-state index is 13.7. The number of benzene rings is 1. The largest absolute Gasteiger partial charge is 0.481 e. The monoisotopic (exact) mass is 710 g/mol. The van der Waals surface area contributed by atoms with E-state index < -0.39 is 17.9 Å². The summed E-state index contributed by atoms with van der Waals surface area (Å²) in [6, 6.07) is 10.8. The first-order valence-electron chi connectivity index (χ1n) is 19.0. The summed E-state index contributed by atoms with van der Waals surface area (Å²) < 4.78 is 0. The van der Waals surface area contributed by atoms with Crippen LogP contribution in [0.15, 0.2) is 54.9 Å². The highest BCUT2D eigenvalue weighted by molar-refractivity contribution is 7.14. The molecule has 2 amide bonds. The molecule has 1 saturated carbocycles. The molecule has 1 aromatic carbocycles. The minimum atomic E-state index is -0.899. The predicted octanol–water partition coefficient (Wildman–Crippen LogP) is 8.57. The standard InChI is InChI=1S/C42H54N4O4S/c1-5-6-27-7-11-29(12-8-27)30-15-17-31(18-16-30)34-24-43-38(44-25-34)32-13-9-28(10-14-32)23-35(40(48)46-22-21-33(26-46)41(49)50)45-39(47)36-19-20-37(51-36)42(2,3)4/h9-10,13-14,17,19-20,24-25,27,29-30,33,35H,5-8,11-12,15-16,18,21-23,26H2,1-4H3,(H,45,47)(H,49,50)/t27?,29?,30?,33-,35-/m0/s1. The lowest BCUT2D eigenvalue weighted by molar-refractivity contribution is -0.141. The zero-order chi connectivity index (χ0) is 36.1. The maximum absolute atomic E-state index is 13.7. The number of thiophene rings is 1. The normalized spacial score (nSPS) is 23.1. The quantitative estimate of drug-likeness (QED) is 0.206. The average molecular weight is 711 g/mol. The van der Waals surface area contributed by atoms with Gasteiger partial charge in [-0.1, -0.05) is 83.7 Å². The van der Waals surface area contributed by atoms with Crippen molar-refractivity contribution in [1.82, 2.24) is 20.2 Å². The number of carboxylic acids is 1. The van der Waals surface area contributed by atoms with Gasteiger partial charge in [-0.2, -0.15) is 0 Å². The summed E-state index contributed by atoms with van der Waals surface area (Å²) in [7, 11) is 0. The van der Waals surface area contributed by atoms with E-state index in [4.69, 9.17) is 9.97 Å². The summed E-state index contributed by atoms with van der Waals surface area (Å²) in [5, 5.41) is 12.5. The van der Waals surface area contributed by atoms with Crippen LogP contribution in [-0.2, 0) is 21.4 Å². The first-order valence-corrected chi connectivity index (χ1v) is 19.8. The number of hydrogen-bond donors (Lipinski definition) is 2. The van der Waals surface area contributed by atoms with E-state index in [2.05, 4.69) is 39.1 Å². The van der Waals surface area contributed by atoms with Gasteiger partial charge in [0.1, 0.15) is 6.04 Å². The molecule has 3 aliphatic rings. The lowest BCUT2D eigenvalue weighted by atomic mass is 9.70. The molecule has 9 heteroatoms. The van der Waals surface area contributed by atoms with Gasteiger partial charge in [-0.05, 0) is 85.0 Å². The first kappa shape index (κ1) is 36.9. The fourth-order valence-corrected chi connectivity index (χ4v) is 9.21. The molecule has 51 heavy (non-hydrogen) atoms. The Balaban J connectivity index is 1.09. The average Bonchev–Trinajstić information content (AvgIpc) is 3.84. The van der Waals surface area contributed by atoms with E-state index in [9.17, 15) is 19.5 Å². The molecule has 6 rings (SSSR count). The summed E-state index contributed by atoms with van der Waals surface area (Å²) in [6.07, 6.45) is 18.9. The lowest BCUT2D eigenvalue weighted by Gasteiger charge is -2.35. The van der Waals surface area contributed by atoms with Crippen molar-refractivity contribution in [3.8, 4) is 11.4 Å². The van der Waals surface area contributed by atoms with Crippen molar-refractivity contribution >= 4 is 34.7 Å². The van der Waals surface area contributed by atoms with Crippen LogP contribution in [-0.4, -0.2) is 56.9 Å². The van der Waals surface area contributed by atoms with Gasteiger partial charge in [-0.25, -0.2) is 9.97 Å². The SMILES string of the molecule is CCCC1CCC(C2CC=C(c3cnc(-c4ccc(C[C@H](NC(=O)c5ccc(C(C)(C)C)s5)C(=O)N5CC[C@H](C(=O)O)C5)cc4)nc3)CC2)CC1. The molecule has 0 bridgehead atoms. The number of nitrogens with one attached hydrogen (secondary N) is 1. The van der Waals surface area contributed by atoms with E-state index in [1.807, 2.05) is 42.7 Å². The van der Waals surface area contributed by atoms with Crippen molar-refractivity contribution in [2.24, 2.45) is 23.7 Å². The molecule has 2 fully saturated rings. The van der Waals surface area contributed by atoms with Crippen molar-refractivity contribution in [3.05, 3.63) is 75.7 Å². The number of hydrogen-bond acceptors (Lipinski definition) is 6. The zero-order valence-corrected chi connectivity index (χ0v) is 31.5. The third kappa shape index (κ3) is 9.15. The van der Waals surface area contributed by atoms with Crippen LogP contribution in [0, 0.1) is 23.7 Å². The highest BCUT2D eigenvalue weighted by Crippen LogP contribution is 2.42. The highest BCUT2D eigenvalue weighted by atomic mass is 32.1. The number of likely N-dealkylation sites (tertiary alicyclic amines) is 1. The molecule has 8 nitrogen and oxygen atoms in total. The van der Waals surface area contributed by atoms with Gasteiger partial charge < -0.3 is 15.3 Å². The molecule has 1 aliphatic heterocycles. The number of allylic oxidation sites excluding steroid dienone is 2. The van der Waals surface area contributed by atoms with Gasteiger partial charge >= 0.3 is 5.97 Å². The van der Waals surface area contributed by atoms with Crippen molar-refractivity contribution in [2.45, 2.75) is 110 Å².